The van der Waals surface area contributed by atoms with Crippen LogP contribution in [0.25, 0.3) is 0 Å². The maximum atomic E-state index is 9.70. The first-order valence-electron chi connectivity index (χ1n) is 2.12. The Hall–Kier alpha value is 1.80. The zero-order chi connectivity index (χ0) is 7.44. The molecule has 0 fully saturated rings. The SMILES string of the molecule is CC(O)C(Cl)O[S-](=O)=O.[K+]. The van der Waals surface area contributed by atoms with Crippen LogP contribution >= 0.6 is 11.6 Å². The van der Waals surface area contributed by atoms with E-state index in [4.69, 9.17) is 16.7 Å². The molecule has 2 atom stereocenters. The van der Waals surface area contributed by atoms with Crippen molar-refractivity contribution in [3.05, 3.63) is 0 Å². The molecular formula is C3H6ClKO4S. The van der Waals surface area contributed by atoms with E-state index in [2.05, 4.69) is 4.18 Å². The predicted molar refractivity (Wildman–Crippen MR) is 31.1 cm³/mol. The van der Waals surface area contributed by atoms with Crippen molar-refractivity contribution in [2.24, 2.45) is 0 Å². The number of aliphatic hydroxyl groups excluding tert-OH is 1. The van der Waals surface area contributed by atoms with Crippen LogP contribution in [0.1, 0.15) is 6.92 Å². The molecule has 0 amide bonds. The Morgan fingerprint density at radius 1 is 1.60 bits per heavy atom. The van der Waals surface area contributed by atoms with Gasteiger partial charge >= 0.3 is 51.4 Å². The molecule has 10 heavy (non-hydrogen) atoms. The summed E-state index contributed by atoms with van der Waals surface area (Å²) in [5.74, 6) is 0. The Balaban J connectivity index is 0. The van der Waals surface area contributed by atoms with Gasteiger partial charge in [0.25, 0.3) is 0 Å². The van der Waals surface area contributed by atoms with E-state index < -0.39 is 22.7 Å². The summed E-state index contributed by atoms with van der Waals surface area (Å²) in [5.41, 5.74) is -1.19. The van der Waals surface area contributed by atoms with Crippen LogP contribution in [-0.2, 0) is 23.6 Å². The molecule has 0 aromatic rings. The minimum atomic E-state index is -2.66. The van der Waals surface area contributed by atoms with E-state index in [9.17, 15) is 8.42 Å². The number of hydrogen-bond acceptors (Lipinski definition) is 5. The quantitative estimate of drug-likeness (QED) is 0.312. The van der Waals surface area contributed by atoms with Gasteiger partial charge < -0.3 is 17.7 Å². The minimum Gasteiger partial charge on any atom is -0.406 e. The summed E-state index contributed by atoms with van der Waals surface area (Å²) in [6.07, 6.45) is -0.996. The molecule has 0 aromatic heterocycles. The van der Waals surface area contributed by atoms with Crippen molar-refractivity contribution in [3.63, 3.8) is 0 Å². The summed E-state index contributed by atoms with van der Waals surface area (Å²) in [5, 5.41) is 8.54. The standard InChI is InChI=1S/C3H6ClO4S.K/c1-2(5)3(4)8-9(6)7;/h2-3,5H,1H3;/q-1;+1. The molecule has 0 heterocycles. The van der Waals surface area contributed by atoms with Crippen LogP contribution < -0.4 is 51.4 Å². The Kier molecular flexibility index (Phi) is 10.7. The Labute approximate surface area is 108 Å². The number of hydrogen-bond donors (Lipinski definition) is 1. The van der Waals surface area contributed by atoms with Gasteiger partial charge in [0.1, 0.15) is 5.56 Å². The molecule has 0 radical (unpaired) electrons. The van der Waals surface area contributed by atoms with E-state index in [0.29, 0.717) is 0 Å². The van der Waals surface area contributed by atoms with Crippen LogP contribution in [0.2, 0.25) is 0 Å². The van der Waals surface area contributed by atoms with Gasteiger partial charge in [-0.05, 0) is 6.92 Å². The average Bonchev–Trinajstić information content (AvgIpc) is 1.63. The summed E-state index contributed by atoms with van der Waals surface area (Å²) >= 11 is 5.15. The average molecular weight is 213 g/mol. The van der Waals surface area contributed by atoms with Crippen molar-refractivity contribution in [2.45, 2.75) is 18.6 Å². The smallest absolute Gasteiger partial charge is 0.406 e. The topological polar surface area (TPSA) is 63.6 Å². The van der Waals surface area contributed by atoms with E-state index in [0.717, 1.165) is 0 Å². The monoisotopic (exact) mass is 212 g/mol. The van der Waals surface area contributed by atoms with Gasteiger partial charge in [0.15, 0.2) is 0 Å². The molecule has 56 valence electrons. The molecule has 0 bridgehead atoms. The van der Waals surface area contributed by atoms with Crippen molar-refractivity contribution < 1.29 is 69.1 Å². The zero-order valence-electron chi connectivity index (χ0n) is 5.61. The maximum Gasteiger partial charge on any atom is 1.00 e. The molecule has 0 saturated heterocycles. The zero-order valence-corrected chi connectivity index (χ0v) is 10.3. The second-order valence-corrected chi connectivity index (χ2v) is 2.42. The largest absolute Gasteiger partial charge is 1.00 e. The molecule has 7 heteroatoms. The van der Waals surface area contributed by atoms with E-state index in [1.165, 1.54) is 6.92 Å². The summed E-state index contributed by atoms with van der Waals surface area (Å²) in [7, 11) is -2.66. The molecule has 0 spiro atoms. The molecule has 0 saturated carbocycles. The number of rotatable bonds is 3. The number of aliphatic hydroxyl groups is 1. The van der Waals surface area contributed by atoms with Gasteiger partial charge in [-0.25, -0.2) is 0 Å². The molecule has 0 aliphatic carbocycles. The molecular weight excluding hydrogens is 207 g/mol. The van der Waals surface area contributed by atoms with Crippen LogP contribution in [-0.4, -0.2) is 16.8 Å². The number of alkyl halides is 1. The summed E-state index contributed by atoms with van der Waals surface area (Å²) in [4.78, 5) is 0. The fourth-order valence-electron chi connectivity index (χ4n) is 0.155. The van der Waals surface area contributed by atoms with Gasteiger partial charge in [-0.15, -0.1) is 0 Å². The maximum absolute atomic E-state index is 9.70. The Morgan fingerprint density at radius 3 is 2.10 bits per heavy atom. The fourth-order valence-corrected chi connectivity index (χ4v) is 0.645. The van der Waals surface area contributed by atoms with E-state index in [1.807, 2.05) is 0 Å². The van der Waals surface area contributed by atoms with Crippen molar-refractivity contribution >= 4 is 22.6 Å². The Bertz CT molecular complexity index is 139. The summed E-state index contributed by atoms with van der Waals surface area (Å²) in [6, 6.07) is 0. The first-order chi connectivity index (χ1) is 4.04. The number of halogens is 1. The molecule has 1 N–H and O–H groups in total. The van der Waals surface area contributed by atoms with Gasteiger partial charge in [-0.2, -0.15) is 0 Å². The normalized spacial score (nSPS) is 16.0. The van der Waals surface area contributed by atoms with E-state index in [-0.39, 0.29) is 51.4 Å². The van der Waals surface area contributed by atoms with Crippen LogP contribution in [0.4, 0.5) is 0 Å². The molecule has 4 nitrogen and oxygen atoms in total. The van der Waals surface area contributed by atoms with Crippen LogP contribution in [0.3, 0.4) is 0 Å². The van der Waals surface area contributed by atoms with Gasteiger partial charge in [-0.1, -0.05) is 11.6 Å². The van der Waals surface area contributed by atoms with Crippen molar-refractivity contribution in [1.29, 1.82) is 0 Å². The van der Waals surface area contributed by atoms with Gasteiger partial charge in [0, 0.05) is 0 Å². The molecule has 0 aromatic carbocycles. The second-order valence-electron chi connectivity index (χ2n) is 1.39. The summed E-state index contributed by atoms with van der Waals surface area (Å²) < 4.78 is 23.3. The first-order valence-corrected chi connectivity index (χ1v) is 3.56. The van der Waals surface area contributed by atoms with Gasteiger partial charge in [-0.3, -0.25) is 0 Å². The minimum absolute atomic E-state index is 0. The van der Waals surface area contributed by atoms with Crippen LogP contribution in [0.15, 0.2) is 0 Å². The molecule has 0 aliphatic heterocycles. The third-order valence-electron chi connectivity index (χ3n) is 0.550. The molecule has 2 unspecified atom stereocenters. The Morgan fingerprint density at radius 2 is 2.00 bits per heavy atom. The van der Waals surface area contributed by atoms with Crippen molar-refractivity contribution in [1.82, 2.24) is 0 Å². The first kappa shape index (κ1) is 14.3. The fraction of sp³-hybridized carbons (Fsp3) is 1.00. The third-order valence-corrected chi connectivity index (χ3v) is 1.47. The predicted octanol–water partition coefficient (Wildman–Crippen LogP) is -2.82. The molecule has 0 aliphatic rings. The van der Waals surface area contributed by atoms with Crippen LogP contribution in [0, 0.1) is 0 Å². The summed E-state index contributed by atoms with van der Waals surface area (Å²) in [6.45, 7) is 1.32. The van der Waals surface area contributed by atoms with Crippen LogP contribution in [0.5, 0.6) is 0 Å². The van der Waals surface area contributed by atoms with Gasteiger partial charge in [0.2, 0.25) is 0 Å². The van der Waals surface area contributed by atoms with Gasteiger partial charge in [0.05, 0.1) is 17.1 Å². The van der Waals surface area contributed by atoms with E-state index >= 15 is 0 Å². The second kappa shape index (κ2) is 7.45. The van der Waals surface area contributed by atoms with Crippen molar-refractivity contribution in [3.8, 4) is 0 Å². The van der Waals surface area contributed by atoms with Crippen molar-refractivity contribution in [2.75, 3.05) is 0 Å². The van der Waals surface area contributed by atoms with E-state index in [1.54, 1.807) is 0 Å². The molecule has 0 rings (SSSR count). The third kappa shape index (κ3) is 7.90.